The Balaban J connectivity index is 1.72. The van der Waals surface area contributed by atoms with Crippen LogP contribution in [0.25, 0.3) is 11.3 Å². The minimum Gasteiger partial charge on any atom is -0.478 e. The molecule has 6 nitrogen and oxygen atoms in total. The van der Waals surface area contributed by atoms with Gasteiger partial charge in [-0.1, -0.05) is 25.1 Å². The summed E-state index contributed by atoms with van der Waals surface area (Å²) in [4.78, 5) is 17.9. The van der Waals surface area contributed by atoms with Gasteiger partial charge in [0.15, 0.2) is 5.11 Å². The normalized spacial score (nSPS) is 18.7. The number of furan rings is 1. The van der Waals surface area contributed by atoms with Crippen molar-refractivity contribution < 1.29 is 14.3 Å². The number of hydrogen-bond acceptors (Lipinski definition) is 4. The molecule has 148 valence electrons. The van der Waals surface area contributed by atoms with Crippen LogP contribution in [-0.4, -0.2) is 32.6 Å². The van der Waals surface area contributed by atoms with Crippen molar-refractivity contribution in [3.05, 3.63) is 77.8 Å². The molecule has 1 fully saturated rings. The number of rotatable bonds is 6. The van der Waals surface area contributed by atoms with Crippen LogP contribution in [0.4, 0.5) is 0 Å². The number of nitrogens with one attached hydrogen (secondary N) is 1. The predicted octanol–water partition coefficient (Wildman–Crippen LogP) is 4.42. The third-order valence-corrected chi connectivity index (χ3v) is 5.33. The van der Waals surface area contributed by atoms with Gasteiger partial charge in [0.1, 0.15) is 17.6 Å². The first kappa shape index (κ1) is 19.1. The van der Waals surface area contributed by atoms with Gasteiger partial charge in [0.25, 0.3) is 0 Å². The Bertz CT molecular complexity index is 1030. The van der Waals surface area contributed by atoms with Crippen LogP contribution in [0, 0.1) is 0 Å². The first-order valence-electron chi connectivity index (χ1n) is 9.50. The molecule has 29 heavy (non-hydrogen) atoms. The zero-order valence-electron chi connectivity index (χ0n) is 15.9. The van der Waals surface area contributed by atoms with Gasteiger partial charge in [0.05, 0.1) is 17.3 Å². The summed E-state index contributed by atoms with van der Waals surface area (Å²) in [5, 5.41) is 13.3. The number of aromatic carboxylic acids is 1. The highest BCUT2D eigenvalue weighted by Crippen LogP contribution is 2.40. The Kier molecular flexibility index (Phi) is 5.31. The molecule has 0 saturated carbocycles. The van der Waals surface area contributed by atoms with Gasteiger partial charge in [-0.15, -0.1) is 0 Å². The molecule has 1 aromatic carbocycles. The standard InChI is InChI=1S/C22H21N3O3S/c1-2-12-25-20(19(24-22(25)29)16-8-3-4-11-23-16)18-10-9-17(28-18)14-6-5-7-15(13-14)21(26)27/h3-11,13,19-20H,2,12H2,1H3,(H,24,29)(H,26,27)/t19-,20+/m1/s1. The van der Waals surface area contributed by atoms with E-state index in [0.717, 1.165) is 30.0 Å². The van der Waals surface area contributed by atoms with E-state index in [2.05, 4.69) is 22.1 Å². The molecular weight excluding hydrogens is 386 g/mol. The largest absolute Gasteiger partial charge is 0.478 e. The molecule has 4 rings (SSSR count). The molecule has 2 aromatic heterocycles. The quantitative estimate of drug-likeness (QED) is 0.586. The number of aromatic nitrogens is 1. The van der Waals surface area contributed by atoms with Crippen LogP contribution in [0.2, 0.25) is 0 Å². The maximum Gasteiger partial charge on any atom is 0.335 e. The van der Waals surface area contributed by atoms with Crippen molar-refractivity contribution >= 4 is 23.3 Å². The highest BCUT2D eigenvalue weighted by atomic mass is 32.1. The van der Waals surface area contributed by atoms with E-state index in [4.69, 9.17) is 16.6 Å². The van der Waals surface area contributed by atoms with E-state index in [0.29, 0.717) is 10.9 Å². The van der Waals surface area contributed by atoms with Crippen molar-refractivity contribution in [2.24, 2.45) is 0 Å². The van der Waals surface area contributed by atoms with E-state index >= 15 is 0 Å². The lowest BCUT2D eigenvalue weighted by Gasteiger charge is -2.25. The summed E-state index contributed by atoms with van der Waals surface area (Å²) in [5.74, 6) is 0.419. The first-order valence-corrected chi connectivity index (χ1v) is 9.91. The molecule has 1 aliphatic heterocycles. The van der Waals surface area contributed by atoms with Gasteiger partial charge in [0.2, 0.25) is 0 Å². The minimum atomic E-state index is -0.965. The summed E-state index contributed by atoms with van der Waals surface area (Å²) in [6.07, 6.45) is 2.71. The van der Waals surface area contributed by atoms with Gasteiger partial charge in [-0.25, -0.2) is 4.79 Å². The summed E-state index contributed by atoms with van der Waals surface area (Å²) in [6, 6.07) is 16.1. The summed E-state index contributed by atoms with van der Waals surface area (Å²) in [7, 11) is 0. The number of thiocarbonyl (C=S) groups is 1. The smallest absolute Gasteiger partial charge is 0.335 e. The molecule has 2 atom stereocenters. The van der Waals surface area contributed by atoms with Crippen LogP contribution in [-0.2, 0) is 0 Å². The Morgan fingerprint density at radius 3 is 2.83 bits per heavy atom. The third kappa shape index (κ3) is 3.73. The second-order valence-corrected chi connectivity index (χ2v) is 7.29. The minimum absolute atomic E-state index is 0.125. The maximum atomic E-state index is 11.3. The molecule has 0 bridgehead atoms. The fourth-order valence-electron chi connectivity index (χ4n) is 3.67. The lowest BCUT2D eigenvalue weighted by Crippen LogP contribution is -2.30. The lowest BCUT2D eigenvalue weighted by atomic mass is 10.0. The lowest BCUT2D eigenvalue weighted by molar-refractivity contribution is 0.0697. The van der Waals surface area contributed by atoms with Gasteiger partial charge in [0, 0.05) is 18.3 Å². The van der Waals surface area contributed by atoms with Gasteiger partial charge in [-0.3, -0.25) is 4.98 Å². The average molecular weight is 407 g/mol. The highest BCUT2D eigenvalue weighted by molar-refractivity contribution is 7.80. The molecule has 2 N–H and O–H groups in total. The van der Waals surface area contributed by atoms with Crippen molar-refractivity contribution in [1.82, 2.24) is 15.2 Å². The summed E-state index contributed by atoms with van der Waals surface area (Å²) < 4.78 is 6.20. The molecule has 1 aliphatic rings. The average Bonchev–Trinajstić information content (AvgIpc) is 3.34. The molecule has 0 aliphatic carbocycles. The van der Waals surface area contributed by atoms with Crippen LogP contribution >= 0.6 is 12.2 Å². The molecule has 3 aromatic rings. The Morgan fingerprint density at radius 2 is 2.10 bits per heavy atom. The topological polar surface area (TPSA) is 78.6 Å². The molecule has 0 unspecified atom stereocenters. The molecule has 0 spiro atoms. The van der Waals surface area contributed by atoms with Gasteiger partial charge < -0.3 is 19.7 Å². The van der Waals surface area contributed by atoms with Crippen LogP contribution in [0.15, 0.2) is 65.2 Å². The number of carboxylic acid groups (broad SMARTS) is 1. The zero-order valence-corrected chi connectivity index (χ0v) is 16.7. The van der Waals surface area contributed by atoms with Crippen molar-refractivity contribution in [3.8, 4) is 11.3 Å². The number of carboxylic acids is 1. The SMILES string of the molecule is CCCN1C(=S)N[C@H](c2ccccn2)[C@@H]1c1ccc(-c2cccc(C(=O)O)c2)o1. The molecular formula is C22H21N3O3S. The third-order valence-electron chi connectivity index (χ3n) is 4.97. The monoisotopic (exact) mass is 407 g/mol. The first-order chi connectivity index (χ1) is 14.1. The zero-order chi connectivity index (χ0) is 20.4. The number of carbonyl (C=O) groups is 1. The summed E-state index contributed by atoms with van der Waals surface area (Å²) >= 11 is 5.59. The highest BCUT2D eigenvalue weighted by Gasteiger charge is 2.41. The van der Waals surface area contributed by atoms with Gasteiger partial charge in [-0.2, -0.15) is 0 Å². The second-order valence-electron chi connectivity index (χ2n) is 6.91. The molecule has 3 heterocycles. The van der Waals surface area contributed by atoms with Crippen LogP contribution in [0.3, 0.4) is 0 Å². The molecule has 0 amide bonds. The van der Waals surface area contributed by atoms with E-state index in [1.165, 1.54) is 0 Å². The second kappa shape index (κ2) is 8.05. The summed E-state index contributed by atoms with van der Waals surface area (Å²) in [5.41, 5.74) is 1.84. The number of pyridine rings is 1. The van der Waals surface area contributed by atoms with Crippen LogP contribution in [0.1, 0.15) is 47.2 Å². The number of benzene rings is 1. The number of nitrogens with zero attached hydrogens (tertiary/aromatic N) is 2. The van der Waals surface area contributed by atoms with Crippen molar-refractivity contribution in [2.75, 3.05) is 6.54 Å². The van der Waals surface area contributed by atoms with Gasteiger partial charge >= 0.3 is 5.97 Å². The molecule has 1 saturated heterocycles. The maximum absolute atomic E-state index is 11.3. The van der Waals surface area contributed by atoms with Crippen LogP contribution < -0.4 is 5.32 Å². The predicted molar refractivity (Wildman–Crippen MR) is 114 cm³/mol. The molecule has 0 radical (unpaired) electrons. The van der Waals surface area contributed by atoms with E-state index in [1.807, 2.05) is 36.4 Å². The molecule has 7 heteroatoms. The summed E-state index contributed by atoms with van der Waals surface area (Å²) in [6.45, 7) is 2.91. The number of hydrogen-bond donors (Lipinski definition) is 2. The van der Waals surface area contributed by atoms with Crippen molar-refractivity contribution in [1.29, 1.82) is 0 Å². The Hall–Kier alpha value is -3.19. The Morgan fingerprint density at radius 1 is 1.24 bits per heavy atom. The van der Waals surface area contributed by atoms with E-state index < -0.39 is 5.97 Å². The fourth-order valence-corrected chi connectivity index (χ4v) is 4.00. The Labute approximate surface area is 174 Å². The van der Waals surface area contributed by atoms with Crippen molar-refractivity contribution in [2.45, 2.75) is 25.4 Å². The fraction of sp³-hybridized carbons (Fsp3) is 0.227. The van der Waals surface area contributed by atoms with Gasteiger partial charge in [-0.05, 0) is 55.0 Å². The van der Waals surface area contributed by atoms with E-state index in [1.54, 1.807) is 24.4 Å². The van der Waals surface area contributed by atoms with E-state index in [9.17, 15) is 9.90 Å². The van der Waals surface area contributed by atoms with Crippen LogP contribution in [0.5, 0.6) is 0 Å². The van der Waals surface area contributed by atoms with Crippen molar-refractivity contribution in [3.63, 3.8) is 0 Å². The van der Waals surface area contributed by atoms with E-state index in [-0.39, 0.29) is 17.6 Å².